The summed E-state index contributed by atoms with van der Waals surface area (Å²) in [4.78, 5) is 0. The van der Waals surface area contributed by atoms with E-state index >= 15 is 0 Å². The van der Waals surface area contributed by atoms with Crippen LogP contribution in [-0.4, -0.2) is 36.1 Å². The third-order valence-electron chi connectivity index (χ3n) is 9.72. The fourth-order valence-electron chi connectivity index (χ4n) is 6.27. The van der Waals surface area contributed by atoms with Crippen LogP contribution >= 0.6 is 0 Å². The van der Waals surface area contributed by atoms with Crippen LogP contribution in [-0.2, 0) is 53.2 Å². The zero-order valence-electron chi connectivity index (χ0n) is 29.5. The van der Waals surface area contributed by atoms with Gasteiger partial charge in [0.05, 0.1) is 0 Å². The van der Waals surface area contributed by atoms with Crippen LogP contribution in [0.5, 0.6) is 0 Å². The summed E-state index contributed by atoms with van der Waals surface area (Å²) >= 11 is -1.22. The average Bonchev–Trinajstić information content (AvgIpc) is 3.59. The fraction of sp³-hybridized carbons (Fsp3) is 0.308. The Morgan fingerprint density at radius 3 is 0.915 bits per heavy atom. The number of benzene rings is 3. The molecule has 6 nitrogen and oxygen atoms in total. The molecule has 3 aromatic carbocycles. The summed E-state index contributed by atoms with van der Waals surface area (Å²) in [6.07, 6.45) is 0. The number of rotatable bonds is 9. The van der Waals surface area contributed by atoms with Crippen LogP contribution in [0.15, 0.2) is 91.0 Å². The van der Waals surface area contributed by atoms with E-state index in [-0.39, 0.29) is 6.71 Å². The molecule has 47 heavy (non-hydrogen) atoms. The summed E-state index contributed by atoms with van der Waals surface area (Å²) in [5.41, 5.74) is 14.8. The Bertz CT molecular complexity index is 1690. The molecule has 0 radical (unpaired) electrons. The molecule has 0 aliphatic rings. The Kier molecular flexibility index (Phi) is 11.2. The average molecular weight is 660 g/mol. The summed E-state index contributed by atoms with van der Waals surface area (Å²) in [5, 5.41) is 14.5. The third kappa shape index (κ3) is 7.97. The van der Waals surface area contributed by atoms with E-state index in [4.69, 9.17) is 15.3 Å². The van der Waals surface area contributed by atoms with Gasteiger partial charge in [0.15, 0.2) is 0 Å². The Balaban J connectivity index is 0.000000186. The van der Waals surface area contributed by atoms with Crippen molar-refractivity contribution in [2.75, 3.05) is 0 Å². The molecule has 3 heterocycles. The summed E-state index contributed by atoms with van der Waals surface area (Å²) < 4.78 is 9.75. The summed E-state index contributed by atoms with van der Waals surface area (Å²) in [6, 6.07) is 33.0. The second kappa shape index (κ2) is 15.3. The predicted octanol–water partition coefficient (Wildman–Crippen LogP) is 5.46. The number of hydrogen-bond donors (Lipinski definition) is 0. The van der Waals surface area contributed by atoms with Gasteiger partial charge in [0, 0.05) is 55.0 Å². The van der Waals surface area contributed by atoms with Gasteiger partial charge < -0.3 is 0 Å². The second-order valence-electron chi connectivity index (χ2n) is 12.8. The first-order valence-corrected chi connectivity index (χ1v) is 19.8. The molecular weight excluding hydrogens is 611 g/mol. The predicted molar refractivity (Wildman–Crippen MR) is 193 cm³/mol. The van der Waals surface area contributed by atoms with Crippen molar-refractivity contribution in [3.8, 4) is 0 Å². The van der Waals surface area contributed by atoms with Crippen LogP contribution in [0.4, 0.5) is 0 Å². The van der Waals surface area contributed by atoms with Crippen molar-refractivity contribution in [2.45, 2.75) is 55.7 Å². The second-order valence-corrected chi connectivity index (χ2v) is 16.8. The van der Waals surface area contributed by atoms with Gasteiger partial charge in [-0.2, -0.15) is 15.3 Å². The monoisotopic (exact) mass is 659 g/mol. The first-order valence-electron chi connectivity index (χ1n) is 16.5. The zero-order chi connectivity index (χ0) is 33.7. The van der Waals surface area contributed by atoms with E-state index in [9.17, 15) is 0 Å². The van der Waals surface area contributed by atoms with E-state index in [1.54, 1.807) is 0 Å². The fourth-order valence-corrected chi connectivity index (χ4v) is 10.7. The third-order valence-corrected chi connectivity index (χ3v) is 14.0. The molecule has 3 aromatic heterocycles. The summed E-state index contributed by atoms with van der Waals surface area (Å²) in [5.74, 6) is 0. The summed E-state index contributed by atoms with van der Waals surface area (Å²) in [6.45, 7) is 12.7. The SMILES string of the molecule is Cc1c(B(c2nn(C)c(C)c2C)c2nn(C)c(C)c2C)nn(C)c1C.c1ccc([CH2][Ti]([CH2]c2ccccc2)[CH2]c2ccccc2)cc1. The Labute approximate surface area is 287 Å². The van der Waals surface area contributed by atoms with Crippen molar-refractivity contribution in [1.82, 2.24) is 29.3 Å². The van der Waals surface area contributed by atoms with Gasteiger partial charge in [-0.3, -0.25) is 14.0 Å². The molecule has 0 aliphatic carbocycles. The molecule has 0 spiro atoms. The van der Waals surface area contributed by atoms with Gasteiger partial charge in [-0.05, 0) is 58.2 Å². The standard InChI is InChI=1S/C18H27BN6.3C7H7.Ti/c1-10-13(4)23(7)20-16(10)19(17-11(2)14(5)24(8)21-17)18-12(3)15(6)25(9)22-18;3*1-7-5-3-2-4-6-7;/h1-9H3;3*2-6H,1H2;. The molecule has 0 saturated heterocycles. The van der Waals surface area contributed by atoms with Crippen LogP contribution in [0.3, 0.4) is 0 Å². The first kappa shape index (κ1) is 34.4. The molecule has 0 bridgehead atoms. The number of aromatic nitrogens is 6. The van der Waals surface area contributed by atoms with Gasteiger partial charge in [0.1, 0.15) is 0 Å². The number of nitrogens with zero attached hydrogens (tertiary/aromatic N) is 6. The van der Waals surface area contributed by atoms with Gasteiger partial charge in [0.25, 0.3) is 0 Å². The summed E-state index contributed by atoms with van der Waals surface area (Å²) in [7, 11) is 5.99. The normalized spacial score (nSPS) is 10.9. The van der Waals surface area contributed by atoms with E-state index in [1.165, 1.54) is 64.6 Å². The molecule has 0 saturated carbocycles. The topological polar surface area (TPSA) is 53.5 Å². The minimum atomic E-state index is -1.22. The van der Waals surface area contributed by atoms with E-state index in [0.717, 1.165) is 16.8 Å². The molecule has 0 N–H and O–H groups in total. The molecule has 6 aromatic rings. The Morgan fingerprint density at radius 2 is 0.702 bits per heavy atom. The number of aryl methyl sites for hydroxylation is 3. The maximum atomic E-state index is 4.84. The van der Waals surface area contributed by atoms with Crippen molar-refractivity contribution in [3.63, 3.8) is 0 Å². The van der Waals surface area contributed by atoms with Gasteiger partial charge in [-0.15, -0.1) is 0 Å². The maximum absolute atomic E-state index is 4.84. The van der Waals surface area contributed by atoms with Crippen LogP contribution in [0, 0.1) is 41.5 Å². The molecule has 6 rings (SSSR count). The molecule has 0 unspecified atom stereocenters. The van der Waals surface area contributed by atoms with Gasteiger partial charge in [-0.1, -0.05) is 0 Å². The zero-order valence-corrected chi connectivity index (χ0v) is 31.1. The molecular formula is C39H48BN6Ti. The molecule has 0 fully saturated rings. The number of hydrogen-bond acceptors (Lipinski definition) is 3. The van der Waals surface area contributed by atoms with Crippen molar-refractivity contribution >= 4 is 23.5 Å². The molecule has 0 atom stereocenters. The Hall–Kier alpha value is -3.93. The minimum absolute atomic E-state index is 0.0558. The quantitative estimate of drug-likeness (QED) is 0.194. The van der Waals surface area contributed by atoms with Crippen LogP contribution in [0.25, 0.3) is 0 Å². The van der Waals surface area contributed by atoms with Crippen molar-refractivity contribution in [1.29, 1.82) is 0 Å². The van der Waals surface area contributed by atoms with Crippen LogP contribution in [0.2, 0.25) is 0 Å². The van der Waals surface area contributed by atoms with Crippen LogP contribution in [0.1, 0.15) is 50.5 Å². The Morgan fingerprint density at radius 1 is 0.447 bits per heavy atom. The van der Waals surface area contributed by atoms with Gasteiger partial charge in [0.2, 0.25) is 0 Å². The van der Waals surface area contributed by atoms with E-state index in [1.807, 2.05) is 35.2 Å². The molecule has 0 amide bonds. The van der Waals surface area contributed by atoms with Gasteiger partial charge >= 0.3 is 146 Å². The molecule has 8 heteroatoms. The van der Waals surface area contributed by atoms with E-state index in [0.29, 0.717) is 0 Å². The van der Waals surface area contributed by atoms with E-state index in [2.05, 4.69) is 133 Å². The van der Waals surface area contributed by atoms with Crippen LogP contribution < -0.4 is 16.8 Å². The molecule has 0 aliphatic heterocycles. The van der Waals surface area contributed by atoms with Crippen molar-refractivity contribution in [2.24, 2.45) is 21.1 Å². The molecule has 241 valence electrons. The van der Waals surface area contributed by atoms with Gasteiger partial charge in [-0.25, -0.2) is 0 Å². The first-order chi connectivity index (χ1) is 22.5. The van der Waals surface area contributed by atoms with E-state index < -0.39 is 17.9 Å². The van der Waals surface area contributed by atoms with Crippen molar-refractivity contribution in [3.05, 3.63) is 141 Å². The van der Waals surface area contributed by atoms with Crippen molar-refractivity contribution < 1.29 is 17.9 Å².